The maximum absolute atomic E-state index is 8.87. The van der Waals surface area contributed by atoms with Gasteiger partial charge < -0.3 is 10.4 Å². The van der Waals surface area contributed by atoms with E-state index in [9.17, 15) is 0 Å². The second-order valence-corrected chi connectivity index (χ2v) is 4.77. The number of benzene rings is 1. The summed E-state index contributed by atoms with van der Waals surface area (Å²) in [5, 5.41) is 12.2. The van der Waals surface area contributed by atoms with Crippen LogP contribution >= 0.6 is 0 Å². The Morgan fingerprint density at radius 1 is 1.14 bits per heavy atom. The van der Waals surface area contributed by atoms with Gasteiger partial charge in [0.15, 0.2) is 0 Å². The molecule has 0 spiro atoms. The van der Waals surface area contributed by atoms with E-state index in [4.69, 9.17) is 5.11 Å². The van der Waals surface area contributed by atoms with Gasteiger partial charge in [-0.2, -0.15) is 0 Å². The van der Waals surface area contributed by atoms with Gasteiger partial charge in [-0.25, -0.2) is 0 Å². The van der Waals surface area contributed by atoms with Crippen LogP contribution in [0.4, 0.5) is 5.69 Å². The topological polar surface area (TPSA) is 32.3 Å². The van der Waals surface area contributed by atoms with Crippen molar-refractivity contribution in [2.24, 2.45) is 5.41 Å². The van der Waals surface area contributed by atoms with Crippen molar-refractivity contribution in [2.45, 2.75) is 27.4 Å². The minimum absolute atomic E-state index is 0.111. The molecular weight excluding hydrogens is 174 g/mol. The number of hydrogen-bond acceptors (Lipinski definition) is 2. The van der Waals surface area contributed by atoms with Crippen molar-refractivity contribution in [3.8, 4) is 0 Å². The second kappa shape index (κ2) is 4.47. The van der Waals surface area contributed by atoms with Gasteiger partial charge in [0.05, 0.1) is 6.61 Å². The monoisotopic (exact) mass is 193 g/mol. The molecule has 0 fully saturated rings. The maximum Gasteiger partial charge on any atom is 0.0681 e. The summed E-state index contributed by atoms with van der Waals surface area (Å²) in [4.78, 5) is 0. The lowest BCUT2D eigenvalue weighted by atomic mass is 9.97. The van der Waals surface area contributed by atoms with Crippen LogP contribution in [0.15, 0.2) is 24.3 Å². The highest BCUT2D eigenvalue weighted by atomic mass is 16.3. The lowest BCUT2D eigenvalue weighted by molar-refractivity contribution is 0.282. The molecule has 0 amide bonds. The highest BCUT2D eigenvalue weighted by Crippen LogP contribution is 2.15. The van der Waals surface area contributed by atoms with Crippen molar-refractivity contribution >= 4 is 5.69 Å². The van der Waals surface area contributed by atoms with Crippen molar-refractivity contribution in [2.75, 3.05) is 11.9 Å². The first kappa shape index (κ1) is 11.1. The summed E-state index contributed by atoms with van der Waals surface area (Å²) in [7, 11) is 0. The van der Waals surface area contributed by atoms with Crippen LogP contribution in [0.3, 0.4) is 0 Å². The van der Waals surface area contributed by atoms with E-state index in [-0.39, 0.29) is 12.0 Å². The molecule has 1 rings (SSSR count). The van der Waals surface area contributed by atoms with Crippen LogP contribution in [-0.2, 0) is 6.61 Å². The molecule has 0 heterocycles. The zero-order chi connectivity index (χ0) is 10.6. The Bertz CT molecular complexity index is 271. The number of aliphatic hydroxyl groups excluding tert-OH is 1. The molecule has 78 valence electrons. The van der Waals surface area contributed by atoms with Gasteiger partial charge in [-0.05, 0) is 23.1 Å². The summed E-state index contributed by atoms with van der Waals surface area (Å²) in [6.07, 6.45) is 0. The van der Waals surface area contributed by atoms with Crippen molar-refractivity contribution in [1.82, 2.24) is 0 Å². The van der Waals surface area contributed by atoms with E-state index in [2.05, 4.69) is 26.1 Å². The van der Waals surface area contributed by atoms with Gasteiger partial charge in [0.2, 0.25) is 0 Å². The Morgan fingerprint density at radius 3 is 2.14 bits per heavy atom. The first-order valence-corrected chi connectivity index (χ1v) is 4.95. The molecule has 14 heavy (non-hydrogen) atoms. The third-order valence-electron chi connectivity index (χ3n) is 1.96. The SMILES string of the molecule is CC(C)(C)CNc1ccc(CO)cc1. The van der Waals surface area contributed by atoms with E-state index in [1.165, 1.54) is 0 Å². The minimum Gasteiger partial charge on any atom is -0.392 e. The number of aliphatic hydroxyl groups is 1. The third-order valence-corrected chi connectivity index (χ3v) is 1.96. The standard InChI is InChI=1S/C12H19NO/c1-12(2,3)9-13-11-6-4-10(8-14)5-7-11/h4-7,13-14H,8-9H2,1-3H3. The Labute approximate surface area is 86.0 Å². The van der Waals surface area contributed by atoms with Crippen LogP contribution in [-0.4, -0.2) is 11.7 Å². The zero-order valence-corrected chi connectivity index (χ0v) is 9.17. The minimum atomic E-state index is 0.111. The number of hydrogen-bond donors (Lipinski definition) is 2. The summed E-state index contributed by atoms with van der Waals surface area (Å²) in [5.74, 6) is 0. The molecule has 2 heteroatoms. The van der Waals surface area contributed by atoms with Gasteiger partial charge in [0.1, 0.15) is 0 Å². The van der Waals surface area contributed by atoms with Gasteiger partial charge >= 0.3 is 0 Å². The van der Waals surface area contributed by atoms with Crippen LogP contribution in [0.1, 0.15) is 26.3 Å². The second-order valence-electron chi connectivity index (χ2n) is 4.77. The van der Waals surface area contributed by atoms with E-state index < -0.39 is 0 Å². The Morgan fingerprint density at radius 2 is 1.71 bits per heavy atom. The zero-order valence-electron chi connectivity index (χ0n) is 9.17. The van der Waals surface area contributed by atoms with Gasteiger partial charge in [-0.15, -0.1) is 0 Å². The number of rotatable bonds is 3. The Balaban J connectivity index is 2.52. The summed E-state index contributed by atoms with van der Waals surface area (Å²) >= 11 is 0. The highest BCUT2D eigenvalue weighted by molar-refractivity contribution is 5.44. The largest absolute Gasteiger partial charge is 0.392 e. The van der Waals surface area contributed by atoms with Crippen LogP contribution in [0.25, 0.3) is 0 Å². The fraction of sp³-hybridized carbons (Fsp3) is 0.500. The van der Waals surface area contributed by atoms with Gasteiger partial charge in [0, 0.05) is 12.2 Å². The highest BCUT2D eigenvalue weighted by Gasteiger charge is 2.08. The summed E-state index contributed by atoms with van der Waals surface area (Å²) < 4.78 is 0. The molecule has 0 bridgehead atoms. The normalized spacial score (nSPS) is 11.4. The summed E-state index contributed by atoms with van der Waals surface area (Å²) in [6, 6.07) is 7.87. The average Bonchev–Trinajstić information content (AvgIpc) is 2.14. The van der Waals surface area contributed by atoms with E-state index in [1.54, 1.807) is 0 Å². The van der Waals surface area contributed by atoms with E-state index in [0.717, 1.165) is 17.8 Å². The molecule has 0 atom stereocenters. The molecule has 0 saturated carbocycles. The summed E-state index contributed by atoms with van der Waals surface area (Å²) in [5.41, 5.74) is 2.35. The molecule has 1 aromatic rings. The van der Waals surface area contributed by atoms with Crippen LogP contribution < -0.4 is 5.32 Å². The first-order chi connectivity index (χ1) is 6.51. The van der Waals surface area contributed by atoms with E-state index in [0.29, 0.717) is 0 Å². The molecule has 1 aromatic carbocycles. The van der Waals surface area contributed by atoms with Crippen molar-refractivity contribution < 1.29 is 5.11 Å². The number of anilines is 1. The van der Waals surface area contributed by atoms with Crippen molar-refractivity contribution in [3.05, 3.63) is 29.8 Å². The lowest BCUT2D eigenvalue weighted by Crippen LogP contribution is -2.18. The lowest BCUT2D eigenvalue weighted by Gasteiger charge is -2.19. The molecule has 0 radical (unpaired) electrons. The van der Waals surface area contributed by atoms with Gasteiger partial charge in [0.25, 0.3) is 0 Å². The molecule has 0 unspecified atom stereocenters. The predicted molar refractivity (Wildman–Crippen MR) is 60.3 cm³/mol. The first-order valence-electron chi connectivity index (χ1n) is 4.95. The number of nitrogens with one attached hydrogen (secondary N) is 1. The predicted octanol–water partition coefficient (Wildman–Crippen LogP) is 2.64. The molecule has 0 aromatic heterocycles. The molecule has 0 aliphatic heterocycles. The molecule has 0 aliphatic carbocycles. The third kappa shape index (κ3) is 3.79. The molecule has 0 saturated heterocycles. The van der Waals surface area contributed by atoms with E-state index in [1.807, 2.05) is 24.3 Å². The quantitative estimate of drug-likeness (QED) is 0.773. The molecule has 0 aliphatic rings. The molecular formula is C12H19NO. The summed E-state index contributed by atoms with van der Waals surface area (Å²) in [6.45, 7) is 7.65. The average molecular weight is 193 g/mol. The van der Waals surface area contributed by atoms with Crippen molar-refractivity contribution in [3.63, 3.8) is 0 Å². The molecule has 2 nitrogen and oxygen atoms in total. The maximum atomic E-state index is 8.87. The fourth-order valence-corrected chi connectivity index (χ4v) is 1.10. The van der Waals surface area contributed by atoms with Crippen LogP contribution in [0.2, 0.25) is 0 Å². The molecule has 2 N–H and O–H groups in total. The van der Waals surface area contributed by atoms with Crippen molar-refractivity contribution in [1.29, 1.82) is 0 Å². The van der Waals surface area contributed by atoms with Gasteiger partial charge in [-0.1, -0.05) is 32.9 Å². The smallest absolute Gasteiger partial charge is 0.0681 e. The van der Waals surface area contributed by atoms with Crippen LogP contribution in [0.5, 0.6) is 0 Å². The van der Waals surface area contributed by atoms with Gasteiger partial charge in [-0.3, -0.25) is 0 Å². The Hall–Kier alpha value is -1.02. The fourth-order valence-electron chi connectivity index (χ4n) is 1.10. The van der Waals surface area contributed by atoms with E-state index >= 15 is 0 Å². The Kier molecular flexibility index (Phi) is 3.53. The van der Waals surface area contributed by atoms with Crippen LogP contribution in [0, 0.1) is 5.41 Å².